The van der Waals surface area contributed by atoms with E-state index in [0.29, 0.717) is 24.1 Å². The number of rotatable bonds is 3. The number of aryl methyl sites for hydroxylation is 1. The van der Waals surface area contributed by atoms with Gasteiger partial charge in [0.05, 0.1) is 18.8 Å². The van der Waals surface area contributed by atoms with E-state index in [4.69, 9.17) is 4.74 Å². The largest absolute Gasteiger partial charge is 0.410 e. The first-order valence-corrected chi connectivity index (χ1v) is 6.71. The summed E-state index contributed by atoms with van der Waals surface area (Å²) >= 11 is 0. The van der Waals surface area contributed by atoms with E-state index in [0.717, 1.165) is 0 Å². The number of carbonyl (C=O) groups is 1. The molecule has 0 saturated heterocycles. The van der Waals surface area contributed by atoms with Crippen molar-refractivity contribution in [2.45, 2.75) is 19.9 Å². The Morgan fingerprint density at radius 2 is 2.10 bits per heavy atom. The zero-order valence-corrected chi connectivity index (χ0v) is 11.8. The summed E-state index contributed by atoms with van der Waals surface area (Å²) in [5, 5.41) is 0. The first-order valence-electron chi connectivity index (χ1n) is 6.71. The monoisotopic (exact) mass is 289 g/mol. The Morgan fingerprint density at radius 3 is 2.81 bits per heavy atom. The van der Waals surface area contributed by atoms with Crippen LogP contribution in [0.15, 0.2) is 22.4 Å². The molecular weight excluding hydrogens is 274 g/mol. The van der Waals surface area contributed by atoms with Crippen LogP contribution in [0.2, 0.25) is 0 Å². The van der Waals surface area contributed by atoms with E-state index in [1.54, 1.807) is 11.6 Å². The van der Waals surface area contributed by atoms with E-state index >= 15 is 0 Å². The van der Waals surface area contributed by atoms with E-state index in [1.165, 1.54) is 17.2 Å². The third-order valence-corrected chi connectivity index (χ3v) is 3.54. The Balaban J connectivity index is 1.91. The number of hydrogen-bond donors (Lipinski definition) is 0. The number of ether oxygens (including phenoxy) is 1. The van der Waals surface area contributed by atoms with Gasteiger partial charge in [0.15, 0.2) is 11.2 Å². The topological polar surface area (TPSA) is 91.4 Å². The number of aliphatic imine (C=N–C) groups is 1. The molecule has 0 fully saturated rings. The maximum atomic E-state index is 12.4. The number of imidazole rings is 1. The van der Waals surface area contributed by atoms with Crippen molar-refractivity contribution in [2.24, 2.45) is 18.0 Å². The van der Waals surface area contributed by atoms with Crippen LogP contribution in [-0.4, -0.2) is 37.5 Å². The second kappa shape index (κ2) is 5.12. The molecule has 1 unspecified atom stereocenters. The number of nitrogens with zero attached hydrogens (tertiary/aromatic N) is 5. The van der Waals surface area contributed by atoms with Crippen molar-refractivity contribution in [3.05, 3.63) is 23.0 Å². The molecule has 2 aromatic rings. The molecule has 1 aliphatic heterocycles. The summed E-state index contributed by atoms with van der Waals surface area (Å²) in [5.41, 5.74) is 0.565. The van der Waals surface area contributed by atoms with E-state index in [9.17, 15) is 9.59 Å². The molecule has 3 heterocycles. The van der Waals surface area contributed by atoms with Crippen LogP contribution in [0, 0.1) is 5.92 Å². The molecule has 110 valence electrons. The van der Waals surface area contributed by atoms with Crippen molar-refractivity contribution >= 4 is 23.0 Å². The summed E-state index contributed by atoms with van der Waals surface area (Å²) in [5.74, 6) is -0.233. The van der Waals surface area contributed by atoms with Crippen LogP contribution < -0.4 is 5.56 Å². The van der Waals surface area contributed by atoms with Crippen LogP contribution >= 0.6 is 0 Å². The average Bonchev–Trinajstić information content (AvgIpc) is 2.84. The molecule has 0 bridgehead atoms. The van der Waals surface area contributed by atoms with Gasteiger partial charge < -0.3 is 9.30 Å². The van der Waals surface area contributed by atoms with E-state index in [-0.39, 0.29) is 29.9 Å². The van der Waals surface area contributed by atoms with Crippen molar-refractivity contribution < 1.29 is 9.53 Å². The second-order valence-corrected chi connectivity index (χ2v) is 4.97. The maximum absolute atomic E-state index is 12.4. The molecule has 1 atom stereocenters. The van der Waals surface area contributed by atoms with Crippen LogP contribution in [0.3, 0.4) is 0 Å². The Labute approximate surface area is 120 Å². The Bertz CT molecular complexity index is 789. The van der Waals surface area contributed by atoms with Crippen LogP contribution in [0.5, 0.6) is 0 Å². The molecule has 0 aliphatic carbocycles. The summed E-state index contributed by atoms with van der Waals surface area (Å²) in [7, 11) is 1.73. The Morgan fingerprint density at radius 1 is 1.33 bits per heavy atom. The van der Waals surface area contributed by atoms with Gasteiger partial charge in [0.1, 0.15) is 12.9 Å². The standard InChI is InChI=1S/C13H15N5O3/c1-3-8-4-14-9(21-13(8)20)5-18-7-16-11-10(12(18)19)17(2)6-15-11/h6-8H,3-5H2,1-2H3. The van der Waals surface area contributed by atoms with Gasteiger partial charge in [-0.3, -0.25) is 19.1 Å². The highest BCUT2D eigenvalue weighted by Crippen LogP contribution is 2.12. The zero-order valence-electron chi connectivity index (χ0n) is 11.8. The minimum Gasteiger partial charge on any atom is -0.410 e. The minimum atomic E-state index is -0.287. The van der Waals surface area contributed by atoms with Crippen molar-refractivity contribution in [1.29, 1.82) is 0 Å². The molecule has 0 N–H and O–H groups in total. The van der Waals surface area contributed by atoms with Gasteiger partial charge in [0.25, 0.3) is 5.56 Å². The highest BCUT2D eigenvalue weighted by Gasteiger charge is 2.25. The van der Waals surface area contributed by atoms with Crippen LogP contribution in [-0.2, 0) is 23.1 Å². The predicted octanol–water partition coefficient (Wildman–Crippen LogP) is 0.111. The lowest BCUT2D eigenvalue weighted by atomic mass is 10.1. The van der Waals surface area contributed by atoms with Crippen molar-refractivity contribution in [2.75, 3.05) is 6.54 Å². The highest BCUT2D eigenvalue weighted by atomic mass is 16.5. The number of carbonyl (C=O) groups excluding carboxylic acids is 1. The first kappa shape index (κ1) is 13.5. The predicted molar refractivity (Wildman–Crippen MR) is 74.9 cm³/mol. The van der Waals surface area contributed by atoms with Gasteiger partial charge in [-0.05, 0) is 6.42 Å². The number of cyclic esters (lactones) is 1. The minimum absolute atomic E-state index is 0.0924. The van der Waals surface area contributed by atoms with E-state index in [1.807, 2.05) is 6.92 Å². The normalized spacial score (nSPS) is 18.7. The fourth-order valence-electron chi connectivity index (χ4n) is 2.23. The third-order valence-electron chi connectivity index (χ3n) is 3.54. The molecule has 0 saturated carbocycles. The summed E-state index contributed by atoms with van der Waals surface area (Å²) in [6.07, 6.45) is 3.62. The Hall–Kier alpha value is -2.51. The SMILES string of the molecule is CCC1CN=C(Cn2cnc3ncn(C)c3c2=O)OC1=O. The van der Waals surface area contributed by atoms with E-state index in [2.05, 4.69) is 15.0 Å². The zero-order chi connectivity index (χ0) is 15.0. The molecule has 1 aliphatic rings. The summed E-state index contributed by atoms with van der Waals surface area (Å²) in [4.78, 5) is 36.4. The number of aromatic nitrogens is 4. The molecule has 2 aromatic heterocycles. The van der Waals surface area contributed by atoms with Gasteiger partial charge in [0, 0.05) is 7.05 Å². The maximum Gasteiger partial charge on any atom is 0.317 e. The average molecular weight is 289 g/mol. The lowest BCUT2D eigenvalue weighted by molar-refractivity contribution is -0.141. The van der Waals surface area contributed by atoms with E-state index < -0.39 is 0 Å². The van der Waals surface area contributed by atoms with Crippen molar-refractivity contribution in [3.63, 3.8) is 0 Å². The second-order valence-electron chi connectivity index (χ2n) is 4.97. The molecule has 0 radical (unpaired) electrons. The van der Waals surface area contributed by atoms with Gasteiger partial charge in [0.2, 0.25) is 5.90 Å². The quantitative estimate of drug-likeness (QED) is 0.748. The summed E-state index contributed by atoms with van der Waals surface area (Å²) in [6.45, 7) is 2.41. The van der Waals surface area contributed by atoms with Crippen LogP contribution in [0.1, 0.15) is 13.3 Å². The first-order chi connectivity index (χ1) is 10.1. The molecule has 3 rings (SSSR count). The molecular formula is C13H15N5O3. The fraction of sp³-hybridized carbons (Fsp3) is 0.462. The lowest BCUT2D eigenvalue weighted by Crippen LogP contribution is -2.33. The van der Waals surface area contributed by atoms with Crippen LogP contribution in [0.4, 0.5) is 0 Å². The molecule has 0 amide bonds. The third kappa shape index (κ3) is 2.32. The van der Waals surface area contributed by atoms with Gasteiger partial charge in [-0.15, -0.1) is 0 Å². The molecule has 0 spiro atoms. The summed E-state index contributed by atoms with van der Waals surface area (Å²) < 4.78 is 8.15. The van der Waals surface area contributed by atoms with Crippen LogP contribution in [0.25, 0.3) is 11.2 Å². The molecule has 8 heteroatoms. The van der Waals surface area contributed by atoms with Crippen molar-refractivity contribution in [3.8, 4) is 0 Å². The number of fused-ring (bicyclic) bond motifs is 1. The molecule has 8 nitrogen and oxygen atoms in total. The van der Waals surface area contributed by atoms with Gasteiger partial charge >= 0.3 is 5.97 Å². The highest BCUT2D eigenvalue weighted by molar-refractivity contribution is 5.91. The fourth-order valence-corrected chi connectivity index (χ4v) is 2.23. The number of esters is 1. The van der Waals surface area contributed by atoms with Gasteiger partial charge in [-0.2, -0.15) is 0 Å². The summed E-state index contributed by atoms with van der Waals surface area (Å²) in [6, 6.07) is 0. The van der Waals surface area contributed by atoms with Gasteiger partial charge in [-0.25, -0.2) is 9.97 Å². The van der Waals surface area contributed by atoms with Crippen molar-refractivity contribution in [1.82, 2.24) is 19.1 Å². The number of hydrogen-bond acceptors (Lipinski definition) is 6. The molecule has 0 aromatic carbocycles. The molecule has 21 heavy (non-hydrogen) atoms. The van der Waals surface area contributed by atoms with Gasteiger partial charge in [-0.1, -0.05) is 6.92 Å². The Kier molecular flexibility index (Phi) is 3.28. The lowest BCUT2D eigenvalue weighted by Gasteiger charge is -2.19. The smallest absolute Gasteiger partial charge is 0.317 e.